The van der Waals surface area contributed by atoms with Gasteiger partial charge in [0.05, 0.1) is 11.0 Å². The molecule has 6 nitrogen and oxygen atoms in total. The smallest absolute Gasteiger partial charge is 0.179 e. The van der Waals surface area contributed by atoms with Crippen molar-refractivity contribution in [2.45, 2.75) is 58.8 Å². The van der Waals surface area contributed by atoms with Gasteiger partial charge in [-0.15, -0.1) is 0 Å². The van der Waals surface area contributed by atoms with Gasteiger partial charge in [0.1, 0.15) is 12.3 Å². The van der Waals surface area contributed by atoms with Crippen LogP contribution < -0.4 is 19.6 Å². The van der Waals surface area contributed by atoms with Crippen LogP contribution in [0.15, 0.2) is 194 Å². The van der Waals surface area contributed by atoms with E-state index in [9.17, 15) is 0 Å². The van der Waals surface area contributed by atoms with E-state index < -0.39 is 0 Å². The van der Waals surface area contributed by atoms with Gasteiger partial charge in [-0.1, -0.05) is 141 Å². The minimum Gasteiger partial charge on any atom is -0.326 e. The molecule has 1 aromatic heterocycles. The number of fused-ring (bicyclic) bond motifs is 9. The quantitative estimate of drug-likeness (QED) is 0.149. The molecule has 0 radical (unpaired) electrons. The van der Waals surface area contributed by atoms with Gasteiger partial charge in [0.15, 0.2) is 11.6 Å². The molecule has 4 heterocycles. The number of nitrogens with zero attached hydrogens (tertiary/aromatic N) is 6. The Morgan fingerprint density at radius 3 is 1.83 bits per heavy atom. The summed E-state index contributed by atoms with van der Waals surface area (Å²) >= 11 is 0. The fourth-order valence-corrected chi connectivity index (χ4v) is 11.5. The maximum Gasteiger partial charge on any atom is 0.179 e. The van der Waals surface area contributed by atoms with Gasteiger partial charge in [-0.3, -0.25) is 0 Å². The summed E-state index contributed by atoms with van der Waals surface area (Å²) in [4.78, 5) is 20.5. The first-order valence-corrected chi connectivity index (χ1v) is 22.6. The van der Waals surface area contributed by atoms with E-state index >= 15 is 0 Å². The van der Waals surface area contributed by atoms with E-state index in [4.69, 9.17) is 9.97 Å². The summed E-state index contributed by atoms with van der Waals surface area (Å²) in [6.45, 7) is 11.6. The molecule has 3 aliphatic heterocycles. The van der Waals surface area contributed by atoms with Gasteiger partial charge in [0.25, 0.3) is 0 Å². The number of allylic oxidation sites excluding steroid dienone is 1. The zero-order chi connectivity index (χ0) is 43.3. The summed E-state index contributed by atoms with van der Waals surface area (Å²) < 4.78 is 0. The number of para-hydroxylation sites is 4. The molecule has 0 bridgehead atoms. The first-order valence-electron chi connectivity index (χ1n) is 22.6. The predicted molar refractivity (Wildman–Crippen MR) is 265 cm³/mol. The van der Waals surface area contributed by atoms with Gasteiger partial charge >= 0.3 is 0 Å². The van der Waals surface area contributed by atoms with Crippen LogP contribution in [0.3, 0.4) is 0 Å². The third kappa shape index (κ3) is 5.51. The molecule has 8 aromatic rings. The summed E-state index contributed by atoms with van der Waals surface area (Å²) in [5.74, 6) is 1.81. The molecule has 1 saturated carbocycles. The highest BCUT2D eigenvalue weighted by molar-refractivity contribution is 5.94. The highest BCUT2D eigenvalue weighted by Crippen LogP contribution is 2.78. The van der Waals surface area contributed by atoms with Crippen LogP contribution in [-0.4, -0.2) is 22.3 Å². The monoisotopic (exact) mass is 830 g/mol. The molecule has 4 aliphatic rings. The SMILES string of the molecule is Cc1ccccc1-c1ccc(N2C=CN(c3ccc(-c4ccccc4C)cc3C/C=C3/C4(C)c5ccccc5N5c6nc7ccccc7nc6N(c6ccccc6)C5C34C)C2C)cc1. The fraction of sp³-hybridized carbons (Fsp3) is 0.172. The Labute approximate surface area is 376 Å². The molecule has 1 aliphatic carbocycles. The topological polar surface area (TPSA) is 38.7 Å². The summed E-state index contributed by atoms with van der Waals surface area (Å²) in [5.41, 5.74) is 17.7. The maximum absolute atomic E-state index is 5.38. The lowest BCUT2D eigenvalue weighted by Crippen LogP contribution is -2.50. The molecule has 64 heavy (non-hydrogen) atoms. The molecule has 12 rings (SSSR count). The van der Waals surface area contributed by atoms with Gasteiger partial charge in [-0.25, -0.2) is 9.97 Å². The van der Waals surface area contributed by atoms with Crippen molar-refractivity contribution in [1.82, 2.24) is 9.97 Å². The molecule has 6 heteroatoms. The first-order chi connectivity index (χ1) is 31.3. The number of aryl methyl sites for hydroxylation is 2. The van der Waals surface area contributed by atoms with Gasteiger partial charge in [-0.05, 0) is 126 Å². The molecule has 312 valence electrons. The molecule has 4 atom stereocenters. The molecular weight excluding hydrogens is 781 g/mol. The van der Waals surface area contributed by atoms with Crippen molar-refractivity contribution in [1.29, 1.82) is 0 Å². The zero-order valence-corrected chi connectivity index (χ0v) is 36.9. The zero-order valence-electron chi connectivity index (χ0n) is 36.9. The summed E-state index contributed by atoms with van der Waals surface area (Å²) in [7, 11) is 0. The van der Waals surface area contributed by atoms with E-state index in [1.165, 1.54) is 67.1 Å². The largest absolute Gasteiger partial charge is 0.326 e. The standard InChI is InChI=1S/C58H50N6/c1-38-17-9-11-21-46(38)41-27-31-44(32-28-41)61-35-36-62(40(61)3)51-33-29-42(47-22-12-10-18-39(47)2)37-43(51)30-34-53-57(4)48-23-13-16-26-52(48)64-55-54(59-49-24-14-15-25-50(49)60-55)63(56(64)58(53,57)5)45-19-7-6-8-20-45/h6-29,31-37,40,56H,30H2,1-5H3/b53-34-. The Morgan fingerprint density at radius 2 is 1.12 bits per heavy atom. The second-order valence-corrected chi connectivity index (χ2v) is 18.2. The van der Waals surface area contributed by atoms with E-state index in [0.29, 0.717) is 0 Å². The number of hydrogen-bond donors (Lipinski definition) is 0. The predicted octanol–water partition coefficient (Wildman–Crippen LogP) is 13.8. The Morgan fingerprint density at radius 1 is 0.547 bits per heavy atom. The van der Waals surface area contributed by atoms with Crippen LogP contribution in [0.2, 0.25) is 0 Å². The Hall–Kier alpha value is -7.44. The molecule has 0 N–H and O–H groups in total. The Balaban J connectivity index is 0.952. The molecule has 0 amide bonds. The first kappa shape index (κ1) is 38.3. The van der Waals surface area contributed by atoms with Crippen LogP contribution in [-0.2, 0) is 11.8 Å². The van der Waals surface area contributed by atoms with Crippen molar-refractivity contribution in [2.24, 2.45) is 5.41 Å². The second-order valence-electron chi connectivity index (χ2n) is 18.2. The lowest BCUT2D eigenvalue weighted by Gasteiger charge is -2.43. The van der Waals surface area contributed by atoms with Crippen molar-refractivity contribution in [3.05, 3.63) is 216 Å². The maximum atomic E-state index is 5.38. The molecule has 4 unspecified atom stereocenters. The van der Waals surface area contributed by atoms with E-state index in [-0.39, 0.29) is 23.2 Å². The normalized spacial score (nSPS) is 22.2. The van der Waals surface area contributed by atoms with Crippen molar-refractivity contribution < 1.29 is 0 Å². The second kappa shape index (κ2) is 14.3. The molecular formula is C58H50N6. The third-order valence-corrected chi connectivity index (χ3v) is 15.0. The summed E-state index contributed by atoms with van der Waals surface area (Å²) in [5, 5.41) is 0. The van der Waals surface area contributed by atoms with Crippen LogP contribution >= 0.6 is 0 Å². The lowest BCUT2D eigenvalue weighted by molar-refractivity contribution is 0.376. The lowest BCUT2D eigenvalue weighted by atomic mass is 9.81. The minimum atomic E-state index is -0.262. The number of benzene rings is 7. The van der Waals surface area contributed by atoms with Crippen LogP contribution in [0.25, 0.3) is 33.3 Å². The average molecular weight is 831 g/mol. The Kier molecular flexibility index (Phi) is 8.54. The van der Waals surface area contributed by atoms with Crippen LogP contribution in [0, 0.1) is 19.3 Å². The van der Waals surface area contributed by atoms with Crippen LogP contribution in [0.1, 0.15) is 43.0 Å². The number of aromatic nitrogens is 2. The minimum absolute atomic E-state index is 0.0714. The van der Waals surface area contributed by atoms with Gasteiger partial charge < -0.3 is 19.6 Å². The highest BCUT2D eigenvalue weighted by Gasteiger charge is 2.77. The molecule has 7 aromatic carbocycles. The number of rotatable bonds is 7. The summed E-state index contributed by atoms with van der Waals surface area (Å²) in [6.07, 6.45) is 7.84. The van der Waals surface area contributed by atoms with E-state index in [0.717, 1.165) is 34.8 Å². The van der Waals surface area contributed by atoms with E-state index in [1.54, 1.807) is 0 Å². The highest BCUT2D eigenvalue weighted by atomic mass is 15.5. The van der Waals surface area contributed by atoms with E-state index in [2.05, 4.69) is 243 Å². The van der Waals surface area contributed by atoms with Crippen molar-refractivity contribution in [3.63, 3.8) is 0 Å². The van der Waals surface area contributed by atoms with Gasteiger partial charge in [-0.2, -0.15) is 0 Å². The number of hydrogen-bond acceptors (Lipinski definition) is 6. The molecule has 1 fully saturated rings. The third-order valence-electron chi connectivity index (χ3n) is 15.0. The fourth-order valence-electron chi connectivity index (χ4n) is 11.5. The van der Waals surface area contributed by atoms with Gasteiger partial charge in [0.2, 0.25) is 0 Å². The average Bonchev–Trinajstić information content (AvgIpc) is 3.54. The van der Waals surface area contributed by atoms with Crippen molar-refractivity contribution >= 4 is 45.4 Å². The van der Waals surface area contributed by atoms with Crippen molar-refractivity contribution in [3.8, 4) is 22.3 Å². The molecule has 0 spiro atoms. The van der Waals surface area contributed by atoms with Gasteiger partial charge in [0, 0.05) is 46.0 Å². The van der Waals surface area contributed by atoms with E-state index in [1.807, 2.05) is 0 Å². The Bertz CT molecular complexity index is 3210. The molecule has 0 saturated heterocycles. The summed E-state index contributed by atoms with van der Waals surface area (Å²) in [6, 6.07) is 61.5. The van der Waals surface area contributed by atoms with Crippen LogP contribution in [0.4, 0.5) is 34.4 Å². The van der Waals surface area contributed by atoms with Crippen LogP contribution in [0.5, 0.6) is 0 Å². The van der Waals surface area contributed by atoms with Crippen molar-refractivity contribution in [2.75, 3.05) is 19.6 Å². The number of anilines is 6.